The number of hydrogen-bond donors (Lipinski definition) is 3. The molecule has 10 rings (SSSR count). The number of benzene rings is 4. The molecule has 0 saturated carbocycles. The van der Waals surface area contributed by atoms with E-state index in [0.717, 1.165) is 62.8 Å². The minimum absolute atomic E-state index is 0.296. The maximum atomic E-state index is 14.1. The van der Waals surface area contributed by atoms with Crippen LogP contribution in [0.25, 0.3) is 21.5 Å². The molecule has 0 aliphatic carbocycles. The van der Waals surface area contributed by atoms with Crippen LogP contribution in [-0.2, 0) is 13.7 Å². The quantitative estimate of drug-likeness (QED) is 0.161. The Bertz CT molecular complexity index is 2880. The van der Waals surface area contributed by atoms with Crippen LogP contribution in [0.4, 0.5) is 11.6 Å². The number of carbonyl (C=O) groups is 2. The lowest BCUT2D eigenvalue weighted by atomic mass is 10.1. The molecule has 4 aromatic carbocycles. The van der Waals surface area contributed by atoms with Crippen LogP contribution >= 0.6 is 0 Å². The molecule has 17 heteroatoms. The largest absolute Gasteiger partial charge is 0.589 e. The van der Waals surface area contributed by atoms with Gasteiger partial charge < -0.3 is 24.0 Å². The van der Waals surface area contributed by atoms with Crippen LogP contribution in [0.1, 0.15) is 41.5 Å². The van der Waals surface area contributed by atoms with Gasteiger partial charge >= 0.3 is 20.8 Å². The van der Waals surface area contributed by atoms with E-state index in [-0.39, 0.29) is 12.8 Å². The summed E-state index contributed by atoms with van der Waals surface area (Å²) in [7, 11) is -3.00. The van der Waals surface area contributed by atoms with Gasteiger partial charge in [0.2, 0.25) is 0 Å². The van der Waals surface area contributed by atoms with E-state index < -0.39 is 29.1 Å². The predicted molar refractivity (Wildman–Crippen MR) is 234 cm³/mol. The third-order valence-electron chi connectivity index (χ3n) is 10.7. The van der Waals surface area contributed by atoms with Gasteiger partial charge in [-0.1, -0.05) is 97.1 Å². The lowest BCUT2D eigenvalue weighted by Crippen LogP contribution is -2.65. The van der Waals surface area contributed by atoms with Crippen LogP contribution in [-0.4, -0.2) is 101 Å². The summed E-state index contributed by atoms with van der Waals surface area (Å²) in [6, 6.07) is 32.9. The Morgan fingerprint density at radius 2 is 0.983 bits per heavy atom. The van der Waals surface area contributed by atoms with Gasteiger partial charge in [-0.25, -0.2) is 30.0 Å². The summed E-state index contributed by atoms with van der Waals surface area (Å²) >= 11 is 0. The minimum atomic E-state index is -4.51. The zero-order valence-electron chi connectivity index (χ0n) is 33.4. The summed E-state index contributed by atoms with van der Waals surface area (Å²) in [6.07, 6.45) is 0.333. The summed E-state index contributed by atoms with van der Waals surface area (Å²) in [6.45, 7) is 5.28. The molecule has 6 bridgehead atoms. The number of fused-ring (bicyclic) bond motifs is 14. The van der Waals surface area contributed by atoms with Crippen molar-refractivity contribution in [1.82, 2.24) is 13.4 Å². The molecule has 4 aliphatic heterocycles. The first-order valence-corrected chi connectivity index (χ1v) is 24.5. The molecule has 0 amide bonds. The smallest absolute Gasteiger partial charge is 0.481 e. The van der Waals surface area contributed by atoms with E-state index in [1.807, 2.05) is 106 Å². The normalized spacial score (nSPS) is 17.0. The maximum absolute atomic E-state index is 14.1. The lowest BCUT2D eigenvalue weighted by molar-refractivity contribution is -0.143. The second-order valence-electron chi connectivity index (χ2n) is 15.7. The molecule has 1 atom stereocenters. The summed E-state index contributed by atoms with van der Waals surface area (Å²) in [5, 5.41) is 19.1. The van der Waals surface area contributed by atoms with Crippen molar-refractivity contribution in [3.05, 3.63) is 130 Å². The van der Waals surface area contributed by atoms with E-state index in [4.69, 9.17) is 44.3 Å². The zero-order chi connectivity index (χ0) is 41.9. The average molecular weight is 836 g/mol. The Hall–Kier alpha value is -6.51. The molecule has 0 spiro atoms. The van der Waals surface area contributed by atoms with E-state index in [1.54, 1.807) is 0 Å². The number of aliphatic imine (C=N–C) groups is 4. The van der Waals surface area contributed by atoms with Gasteiger partial charge in [0, 0.05) is 43.8 Å². The number of carboxylic acids is 2. The fourth-order valence-electron chi connectivity index (χ4n) is 8.00. The number of rotatable bonds is 9. The molecule has 6 aromatic rings. The topological polar surface area (TPSA) is 191 Å². The summed E-state index contributed by atoms with van der Waals surface area (Å²) in [5.74, 6) is 0.956. The van der Waals surface area contributed by atoms with E-state index in [1.165, 1.54) is 0 Å². The van der Waals surface area contributed by atoms with E-state index >= 15 is 0 Å². The highest BCUT2D eigenvalue weighted by Gasteiger charge is 2.52. The second-order valence-corrected chi connectivity index (χ2v) is 22.6. The lowest BCUT2D eigenvalue weighted by Gasteiger charge is -2.36. The van der Waals surface area contributed by atoms with Gasteiger partial charge in [0.1, 0.15) is 22.6 Å². The highest BCUT2D eigenvalue weighted by Crippen LogP contribution is 2.43. The Kier molecular flexibility index (Phi) is 9.71. The predicted octanol–water partition coefficient (Wildman–Crippen LogP) is 5.47. The van der Waals surface area contributed by atoms with Gasteiger partial charge in [-0.05, 0) is 46.2 Å². The number of carboxylic acid groups (broad SMARTS) is 2. The first-order chi connectivity index (χ1) is 28.8. The molecule has 6 heterocycles. The number of hydrogen-bond acceptors (Lipinski definition) is 11. The Morgan fingerprint density at radius 1 is 0.600 bits per heavy atom. The Balaban J connectivity index is 0.000000528. The molecular formula is C43H41N9O6Si2. The van der Waals surface area contributed by atoms with Gasteiger partial charge in [-0.3, -0.25) is 18.1 Å². The van der Waals surface area contributed by atoms with Gasteiger partial charge in [-0.2, -0.15) is 0 Å². The molecule has 3 N–H and O–H groups in total. The summed E-state index contributed by atoms with van der Waals surface area (Å²) < 4.78 is 11.2. The average Bonchev–Trinajstić information content (AvgIpc) is 3.93. The zero-order valence-corrected chi connectivity index (χ0v) is 35.4. The summed E-state index contributed by atoms with van der Waals surface area (Å²) in [4.78, 5) is 67.1. The highest BCUT2D eigenvalue weighted by atomic mass is 28.5. The molecule has 4 aliphatic rings. The molecule has 302 valence electrons. The van der Waals surface area contributed by atoms with Crippen LogP contribution in [0.3, 0.4) is 0 Å². The van der Waals surface area contributed by atoms with Crippen LogP contribution in [0.15, 0.2) is 127 Å². The highest BCUT2D eigenvalue weighted by molar-refractivity contribution is 6.82. The monoisotopic (exact) mass is 835 g/mol. The van der Waals surface area contributed by atoms with E-state index in [9.17, 15) is 14.4 Å². The van der Waals surface area contributed by atoms with Crippen LogP contribution in [0.2, 0.25) is 19.1 Å². The van der Waals surface area contributed by atoms with Crippen molar-refractivity contribution in [2.24, 2.45) is 30.0 Å². The van der Waals surface area contributed by atoms with E-state index in [2.05, 4.69) is 32.1 Å². The van der Waals surface area contributed by atoms with Crippen LogP contribution in [0.5, 0.6) is 0 Å². The fourth-order valence-corrected chi connectivity index (χ4v) is 15.1. The molecule has 15 nitrogen and oxygen atoms in total. The molecule has 60 heavy (non-hydrogen) atoms. The minimum Gasteiger partial charge on any atom is -0.481 e. The van der Waals surface area contributed by atoms with Gasteiger partial charge in [-0.15, -0.1) is 0 Å². The van der Waals surface area contributed by atoms with Gasteiger partial charge in [0.15, 0.2) is 31.7 Å². The molecular weight excluding hydrogens is 795 g/mol. The fraction of sp³-hybridized carbons (Fsp3) is 0.209. The van der Waals surface area contributed by atoms with Crippen molar-refractivity contribution in [2.75, 3.05) is 20.6 Å². The van der Waals surface area contributed by atoms with Crippen molar-refractivity contribution in [2.45, 2.75) is 38.4 Å². The SMILES string of the molecule is CN(C)CCC[Si](C)(C)O[Si]1(O)n2c3c4ccccc4c2N=C2N=C(N=c4c5ccccc5c(n41)=NC1=NC(=N3)c3ccccc31)c1ccccc12.O=C(O)CCC(=O)O. The third-order valence-corrected chi connectivity index (χ3v) is 17.6. The molecule has 0 fully saturated rings. The number of aliphatic carboxylic acids is 2. The molecule has 1 unspecified atom stereocenters. The first kappa shape index (κ1) is 39.0. The number of aromatic nitrogens is 2. The number of nitrogens with zero attached hydrogens (tertiary/aromatic N) is 9. The third kappa shape index (κ3) is 6.75. The van der Waals surface area contributed by atoms with Crippen molar-refractivity contribution < 1.29 is 28.7 Å². The van der Waals surface area contributed by atoms with Crippen molar-refractivity contribution >= 4 is 85.7 Å². The van der Waals surface area contributed by atoms with E-state index in [0.29, 0.717) is 46.0 Å². The van der Waals surface area contributed by atoms with Crippen LogP contribution in [0, 0.1) is 0 Å². The Labute approximate surface area is 346 Å². The second kappa shape index (κ2) is 14.9. The van der Waals surface area contributed by atoms with Crippen molar-refractivity contribution in [1.29, 1.82) is 0 Å². The number of amidine groups is 4. The molecule has 0 radical (unpaired) electrons. The first-order valence-electron chi connectivity index (χ1n) is 19.6. The van der Waals surface area contributed by atoms with Gasteiger partial charge in [0.25, 0.3) is 0 Å². The summed E-state index contributed by atoms with van der Waals surface area (Å²) in [5.41, 5.74) is 4.51. The van der Waals surface area contributed by atoms with Crippen molar-refractivity contribution in [3.63, 3.8) is 0 Å². The molecule has 0 saturated heterocycles. The Morgan fingerprint density at radius 3 is 1.38 bits per heavy atom. The maximum Gasteiger partial charge on any atom is 0.589 e. The molecule has 2 aromatic heterocycles. The standard InChI is InChI=1S/C39H35N9O2Si2.C4H6O4/c1-46(2)22-13-23-51(3,4)50-52(49)47-36-28-18-9-10-19-29(28)38(47)44-34-26-16-7-8-17-27(26)35(41-34)45-39-31-21-12-11-20-30(31)37(48(39)52)43-33-25-15-6-5-14-24(25)32(40-33)42-36;5-3(6)1-2-4(7)8/h5-12,14-21,49H,13,22-23H2,1-4H3;1-2H2,(H,5,6)(H,7,8). The van der Waals surface area contributed by atoms with Gasteiger partial charge in [0.05, 0.1) is 12.8 Å². The van der Waals surface area contributed by atoms with Crippen molar-refractivity contribution in [3.8, 4) is 0 Å². The van der Waals surface area contributed by atoms with Crippen LogP contribution < -0.4 is 11.0 Å².